The molecule has 6 heteroatoms. The third kappa shape index (κ3) is 10.5. The van der Waals surface area contributed by atoms with E-state index in [9.17, 15) is 14.7 Å². The topological polar surface area (TPSA) is 84.9 Å². The van der Waals surface area contributed by atoms with Gasteiger partial charge in [0.05, 0.1) is 12.7 Å². The van der Waals surface area contributed by atoms with Crippen molar-refractivity contribution in [3.8, 4) is 0 Å². The molecule has 1 aliphatic heterocycles. The standard InChI is InChI=1S/C41H55NO5/c1-2-3-4-20-29-37(43)30-21-9-7-5-6-8-10-22-31-38(44)40(32-46-39(45)42-40)33-47-41(34-23-14-11-15-24-34,35-25-16-12-17-26-35)36-27-18-13-19-28-36/h11-19,23-28,38,44H,2-10,20-22,29-33H2,1H3,(H,42,45)/t38-,40-/m1/s1. The number of benzene rings is 3. The van der Waals surface area contributed by atoms with Gasteiger partial charge in [0.15, 0.2) is 0 Å². The SMILES string of the molecule is CCCCCCC(=O)CCCCCCCCCC[C@@H](O)[C@]1(COC(c2ccccc2)(c2ccccc2)c2ccccc2)COC(=O)N1. The van der Waals surface area contributed by atoms with Crippen LogP contribution in [0, 0.1) is 0 Å². The van der Waals surface area contributed by atoms with Gasteiger partial charge in [0.2, 0.25) is 0 Å². The van der Waals surface area contributed by atoms with Crippen LogP contribution in [-0.2, 0) is 19.9 Å². The maximum atomic E-state index is 12.4. The monoisotopic (exact) mass is 641 g/mol. The number of amides is 1. The number of aliphatic hydroxyl groups is 1. The van der Waals surface area contributed by atoms with Crippen molar-refractivity contribution < 1.29 is 24.2 Å². The number of Topliss-reactive ketones (excluding diaryl/α,β-unsaturated/α-hetero) is 1. The maximum absolute atomic E-state index is 12.4. The lowest BCUT2D eigenvalue weighted by Crippen LogP contribution is -2.58. The van der Waals surface area contributed by atoms with Gasteiger partial charge < -0.3 is 19.9 Å². The Morgan fingerprint density at radius 1 is 0.745 bits per heavy atom. The lowest BCUT2D eigenvalue weighted by Gasteiger charge is -2.40. The maximum Gasteiger partial charge on any atom is 0.407 e. The fraction of sp³-hybridized carbons (Fsp3) is 0.512. The van der Waals surface area contributed by atoms with Crippen LogP contribution in [-0.4, -0.2) is 41.8 Å². The van der Waals surface area contributed by atoms with Crippen LogP contribution in [0.25, 0.3) is 0 Å². The fourth-order valence-electron chi connectivity index (χ4n) is 6.70. The van der Waals surface area contributed by atoms with Crippen LogP contribution < -0.4 is 5.32 Å². The Kier molecular flexibility index (Phi) is 15.0. The van der Waals surface area contributed by atoms with Gasteiger partial charge in [-0.15, -0.1) is 0 Å². The number of hydrogen-bond acceptors (Lipinski definition) is 5. The van der Waals surface area contributed by atoms with E-state index in [0.717, 1.165) is 74.5 Å². The first kappa shape index (κ1) is 36.4. The van der Waals surface area contributed by atoms with Gasteiger partial charge in [-0.05, 0) is 36.0 Å². The normalized spacial score (nSPS) is 16.9. The zero-order chi connectivity index (χ0) is 33.2. The fourth-order valence-corrected chi connectivity index (χ4v) is 6.70. The summed E-state index contributed by atoms with van der Waals surface area (Å²) in [4.78, 5) is 24.4. The minimum atomic E-state index is -1.06. The molecule has 254 valence electrons. The zero-order valence-corrected chi connectivity index (χ0v) is 28.3. The molecule has 2 atom stereocenters. The molecule has 0 aromatic heterocycles. The highest BCUT2D eigenvalue weighted by molar-refractivity contribution is 5.78. The minimum absolute atomic E-state index is 0.0443. The molecular formula is C41H55NO5. The van der Waals surface area contributed by atoms with Gasteiger partial charge in [0.25, 0.3) is 0 Å². The smallest absolute Gasteiger partial charge is 0.407 e. The van der Waals surface area contributed by atoms with Crippen molar-refractivity contribution in [3.05, 3.63) is 108 Å². The van der Waals surface area contributed by atoms with Gasteiger partial charge >= 0.3 is 6.09 Å². The van der Waals surface area contributed by atoms with E-state index in [1.54, 1.807) is 0 Å². The highest BCUT2D eigenvalue weighted by atomic mass is 16.6. The van der Waals surface area contributed by atoms with Crippen LogP contribution in [0.4, 0.5) is 4.79 Å². The first-order valence-corrected chi connectivity index (χ1v) is 18.0. The van der Waals surface area contributed by atoms with Crippen LogP contribution in [0.15, 0.2) is 91.0 Å². The van der Waals surface area contributed by atoms with Gasteiger partial charge in [-0.3, -0.25) is 4.79 Å². The predicted octanol–water partition coefficient (Wildman–Crippen LogP) is 9.28. The van der Waals surface area contributed by atoms with E-state index in [-0.39, 0.29) is 13.2 Å². The molecule has 0 bridgehead atoms. The summed E-state index contributed by atoms with van der Waals surface area (Å²) in [6.07, 6.45) is 13.9. The molecule has 6 nitrogen and oxygen atoms in total. The summed E-state index contributed by atoms with van der Waals surface area (Å²) in [7, 11) is 0. The Morgan fingerprint density at radius 3 is 1.64 bits per heavy atom. The van der Waals surface area contributed by atoms with Crippen LogP contribution in [0.1, 0.15) is 120 Å². The molecule has 47 heavy (non-hydrogen) atoms. The van der Waals surface area contributed by atoms with E-state index in [1.807, 2.05) is 54.6 Å². The molecule has 1 saturated heterocycles. The van der Waals surface area contributed by atoms with E-state index in [1.165, 1.54) is 32.1 Å². The Hall–Kier alpha value is -3.48. The van der Waals surface area contributed by atoms with Crippen molar-refractivity contribution in [2.75, 3.05) is 13.2 Å². The van der Waals surface area contributed by atoms with Crippen molar-refractivity contribution in [1.82, 2.24) is 5.32 Å². The van der Waals surface area contributed by atoms with Crippen molar-refractivity contribution in [2.24, 2.45) is 0 Å². The average Bonchev–Trinajstić information content (AvgIpc) is 3.50. The predicted molar refractivity (Wildman–Crippen MR) is 188 cm³/mol. The number of rotatable bonds is 23. The molecule has 4 rings (SSSR count). The quantitative estimate of drug-likeness (QED) is 0.0796. The van der Waals surface area contributed by atoms with Gasteiger partial charge in [-0.2, -0.15) is 0 Å². The highest BCUT2D eigenvalue weighted by Gasteiger charge is 2.49. The number of ether oxygens (including phenoxy) is 2. The Labute approximate surface area is 282 Å². The van der Waals surface area contributed by atoms with Crippen molar-refractivity contribution >= 4 is 11.9 Å². The second-order valence-electron chi connectivity index (χ2n) is 13.2. The number of alkyl carbamates (subject to hydrolysis) is 1. The molecule has 2 N–H and O–H groups in total. The molecule has 1 aliphatic rings. The summed E-state index contributed by atoms with van der Waals surface area (Å²) in [6, 6.07) is 30.3. The molecule has 1 heterocycles. The second kappa shape index (κ2) is 19.4. The lowest BCUT2D eigenvalue weighted by molar-refractivity contribution is -0.119. The van der Waals surface area contributed by atoms with Crippen LogP contribution in [0.3, 0.4) is 0 Å². The first-order chi connectivity index (χ1) is 23.0. The average molecular weight is 642 g/mol. The third-order valence-electron chi connectivity index (χ3n) is 9.53. The second-order valence-corrected chi connectivity index (χ2v) is 13.2. The Bertz CT molecular complexity index is 1220. The molecule has 0 unspecified atom stereocenters. The van der Waals surface area contributed by atoms with Crippen molar-refractivity contribution in [2.45, 2.75) is 120 Å². The van der Waals surface area contributed by atoms with Gasteiger partial charge in [0.1, 0.15) is 23.5 Å². The van der Waals surface area contributed by atoms with E-state index < -0.39 is 23.3 Å². The summed E-state index contributed by atoms with van der Waals surface area (Å²) < 4.78 is 12.4. The lowest BCUT2D eigenvalue weighted by atomic mass is 9.79. The van der Waals surface area contributed by atoms with E-state index in [4.69, 9.17) is 9.47 Å². The summed E-state index contributed by atoms with van der Waals surface area (Å²) in [6.45, 7) is 2.31. The first-order valence-electron chi connectivity index (χ1n) is 18.0. The van der Waals surface area contributed by atoms with Crippen molar-refractivity contribution in [1.29, 1.82) is 0 Å². The Balaban J connectivity index is 1.30. The van der Waals surface area contributed by atoms with Gasteiger partial charge in [-0.25, -0.2) is 4.79 Å². The molecule has 1 fully saturated rings. The van der Waals surface area contributed by atoms with Crippen LogP contribution >= 0.6 is 0 Å². The highest BCUT2D eigenvalue weighted by Crippen LogP contribution is 2.41. The number of hydrogen-bond donors (Lipinski definition) is 2. The number of carbonyl (C=O) groups excluding carboxylic acids is 2. The number of aliphatic hydroxyl groups excluding tert-OH is 1. The van der Waals surface area contributed by atoms with Crippen LogP contribution in [0.2, 0.25) is 0 Å². The largest absolute Gasteiger partial charge is 0.447 e. The molecule has 0 aliphatic carbocycles. The number of unbranched alkanes of at least 4 members (excludes halogenated alkanes) is 10. The van der Waals surface area contributed by atoms with Gasteiger partial charge in [0, 0.05) is 12.8 Å². The molecule has 0 radical (unpaired) electrons. The molecule has 0 saturated carbocycles. The summed E-state index contributed by atoms with van der Waals surface area (Å²) in [5.74, 6) is 0.428. The number of ketones is 1. The summed E-state index contributed by atoms with van der Waals surface area (Å²) in [5.41, 5.74) is 0.851. The summed E-state index contributed by atoms with van der Waals surface area (Å²) >= 11 is 0. The number of nitrogens with one attached hydrogen (secondary N) is 1. The van der Waals surface area contributed by atoms with Crippen molar-refractivity contribution in [3.63, 3.8) is 0 Å². The van der Waals surface area contributed by atoms with E-state index in [0.29, 0.717) is 12.2 Å². The zero-order valence-electron chi connectivity index (χ0n) is 28.3. The minimum Gasteiger partial charge on any atom is -0.447 e. The number of carbonyl (C=O) groups is 2. The molecule has 3 aromatic rings. The molecule has 3 aromatic carbocycles. The third-order valence-corrected chi connectivity index (χ3v) is 9.53. The molecule has 0 spiro atoms. The van der Waals surface area contributed by atoms with E-state index in [2.05, 4.69) is 48.6 Å². The molecular weight excluding hydrogens is 586 g/mol. The van der Waals surface area contributed by atoms with E-state index >= 15 is 0 Å². The number of cyclic esters (lactones) is 1. The van der Waals surface area contributed by atoms with Gasteiger partial charge in [-0.1, -0.05) is 162 Å². The summed E-state index contributed by atoms with van der Waals surface area (Å²) in [5, 5.41) is 14.5. The van der Waals surface area contributed by atoms with Crippen LogP contribution in [0.5, 0.6) is 0 Å². The Morgan fingerprint density at radius 2 is 1.19 bits per heavy atom. The molecule has 1 amide bonds.